The van der Waals surface area contributed by atoms with Crippen molar-refractivity contribution in [2.24, 2.45) is 0 Å². The molecule has 0 radical (unpaired) electrons. The molecule has 0 aliphatic carbocycles. The monoisotopic (exact) mass is 880 g/mol. The molecule has 368 valence electrons. The molecule has 0 spiro atoms. The van der Waals surface area contributed by atoms with Crippen LogP contribution in [-0.4, -0.2) is 34.9 Å². The predicted octanol–water partition coefficient (Wildman–Crippen LogP) is 18.4. The number of aliphatic hydroxyl groups is 2. The van der Waals surface area contributed by atoms with Crippen LogP contribution in [0.25, 0.3) is 0 Å². The van der Waals surface area contributed by atoms with E-state index in [1.165, 1.54) is 225 Å². The first kappa shape index (κ1) is 61.1. The third kappa shape index (κ3) is 50.9. The van der Waals surface area contributed by atoms with Crippen LogP contribution in [0.5, 0.6) is 0 Å². The molecule has 0 fully saturated rings. The number of hydrogen-bond acceptors (Lipinski definition) is 3. The maximum absolute atomic E-state index is 12.5. The van der Waals surface area contributed by atoms with Crippen molar-refractivity contribution in [2.75, 3.05) is 6.61 Å². The standard InChI is InChI=1S/C59H109NO3/c1-3-5-7-9-11-13-15-17-19-21-23-25-26-27-28-29-30-31-32-33-34-35-37-39-41-43-45-47-49-51-53-55-59(63)60-57(56-61)58(62)54-52-50-48-46-44-42-40-38-36-24-22-20-18-16-14-12-10-8-6-4-2/h23,25,27-28,36,38,44,46,52,54,57-58,61-62H,3-22,24,26,29-35,37,39-43,45,47-51,53,55-56H2,1-2H3,(H,60,63)/b25-23-,28-27-,38-36+,46-44+,54-52+. The summed E-state index contributed by atoms with van der Waals surface area (Å²) in [7, 11) is 0. The van der Waals surface area contributed by atoms with Crippen LogP contribution in [0.2, 0.25) is 0 Å². The maximum atomic E-state index is 12.5. The summed E-state index contributed by atoms with van der Waals surface area (Å²) >= 11 is 0. The summed E-state index contributed by atoms with van der Waals surface area (Å²) in [6.07, 6.45) is 76.7. The highest BCUT2D eigenvalue weighted by molar-refractivity contribution is 5.76. The number of carbonyl (C=O) groups excluding carboxylic acids is 1. The SMILES string of the molecule is CCCCCCCCCCC/C=C\C/C=C\CCCCCCCCCCCCCCCCCC(=O)NC(CO)C(O)/C=C/CC/C=C/CC/C=C/CCCCCCCCCCCC. The zero-order chi connectivity index (χ0) is 45.6. The molecule has 2 atom stereocenters. The molecule has 63 heavy (non-hydrogen) atoms. The molecule has 0 bridgehead atoms. The van der Waals surface area contributed by atoms with Crippen LogP contribution in [0.15, 0.2) is 60.8 Å². The van der Waals surface area contributed by atoms with E-state index in [2.05, 4.69) is 67.8 Å². The summed E-state index contributed by atoms with van der Waals surface area (Å²) in [6.45, 7) is 4.31. The average Bonchev–Trinajstić information content (AvgIpc) is 3.29. The lowest BCUT2D eigenvalue weighted by molar-refractivity contribution is -0.123. The molecule has 3 N–H and O–H groups in total. The Hall–Kier alpha value is -1.91. The Morgan fingerprint density at radius 2 is 0.667 bits per heavy atom. The molecule has 0 aromatic heterocycles. The molecule has 0 aliphatic rings. The quantitative estimate of drug-likeness (QED) is 0.0421. The van der Waals surface area contributed by atoms with Gasteiger partial charge in [-0.15, -0.1) is 0 Å². The van der Waals surface area contributed by atoms with E-state index in [9.17, 15) is 15.0 Å². The molecular formula is C59H109NO3. The largest absolute Gasteiger partial charge is 0.394 e. The van der Waals surface area contributed by atoms with Gasteiger partial charge in [0, 0.05) is 6.42 Å². The number of allylic oxidation sites excluding steroid dienone is 9. The van der Waals surface area contributed by atoms with Gasteiger partial charge in [-0.3, -0.25) is 4.79 Å². The topological polar surface area (TPSA) is 69.6 Å². The van der Waals surface area contributed by atoms with Crippen molar-refractivity contribution < 1.29 is 15.0 Å². The highest BCUT2D eigenvalue weighted by Crippen LogP contribution is 2.16. The molecule has 0 heterocycles. The summed E-state index contributed by atoms with van der Waals surface area (Å²) in [5.74, 6) is -0.0765. The first-order valence-electron chi connectivity index (χ1n) is 28.0. The highest BCUT2D eigenvalue weighted by atomic mass is 16.3. The van der Waals surface area contributed by atoms with Crippen LogP contribution in [0.4, 0.5) is 0 Å². The molecule has 0 aromatic rings. The van der Waals surface area contributed by atoms with Crippen molar-refractivity contribution in [2.45, 2.75) is 302 Å². The number of unbranched alkanes of at least 4 members (excludes halogenated alkanes) is 36. The molecule has 0 saturated heterocycles. The number of nitrogens with one attached hydrogen (secondary N) is 1. The number of hydrogen-bond donors (Lipinski definition) is 3. The maximum Gasteiger partial charge on any atom is 0.220 e. The van der Waals surface area contributed by atoms with Gasteiger partial charge < -0.3 is 15.5 Å². The molecule has 2 unspecified atom stereocenters. The average molecular weight is 881 g/mol. The van der Waals surface area contributed by atoms with Gasteiger partial charge in [-0.25, -0.2) is 0 Å². The van der Waals surface area contributed by atoms with Crippen LogP contribution >= 0.6 is 0 Å². The van der Waals surface area contributed by atoms with Gasteiger partial charge in [-0.05, 0) is 77.0 Å². The van der Waals surface area contributed by atoms with E-state index in [0.717, 1.165) is 44.9 Å². The normalized spacial score (nSPS) is 13.3. The smallest absolute Gasteiger partial charge is 0.220 e. The highest BCUT2D eigenvalue weighted by Gasteiger charge is 2.18. The van der Waals surface area contributed by atoms with Crippen molar-refractivity contribution in [3.8, 4) is 0 Å². The van der Waals surface area contributed by atoms with E-state index in [1.54, 1.807) is 6.08 Å². The third-order valence-electron chi connectivity index (χ3n) is 12.7. The van der Waals surface area contributed by atoms with Crippen LogP contribution in [0.3, 0.4) is 0 Å². The minimum Gasteiger partial charge on any atom is -0.394 e. The second-order valence-corrected chi connectivity index (χ2v) is 19.0. The fourth-order valence-corrected chi connectivity index (χ4v) is 8.42. The van der Waals surface area contributed by atoms with Gasteiger partial charge in [0.15, 0.2) is 0 Å². The van der Waals surface area contributed by atoms with E-state index in [1.807, 2.05) is 6.08 Å². The van der Waals surface area contributed by atoms with Gasteiger partial charge in [0.25, 0.3) is 0 Å². The fourth-order valence-electron chi connectivity index (χ4n) is 8.42. The van der Waals surface area contributed by atoms with Gasteiger partial charge in [0.1, 0.15) is 0 Å². The number of rotatable bonds is 51. The lowest BCUT2D eigenvalue weighted by Crippen LogP contribution is -2.45. The second kappa shape index (κ2) is 54.4. The van der Waals surface area contributed by atoms with Crippen LogP contribution in [-0.2, 0) is 4.79 Å². The third-order valence-corrected chi connectivity index (χ3v) is 12.7. The minimum absolute atomic E-state index is 0.0765. The summed E-state index contributed by atoms with van der Waals surface area (Å²) in [5.41, 5.74) is 0. The molecule has 0 aliphatic heterocycles. The Balaban J connectivity index is 3.54. The zero-order valence-corrected chi connectivity index (χ0v) is 42.3. The zero-order valence-electron chi connectivity index (χ0n) is 42.3. The van der Waals surface area contributed by atoms with Crippen LogP contribution in [0, 0.1) is 0 Å². The first-order chi connectivity index (χ1) is 31.2. The van der Waals surface area contributed by atoms with E-state index in [0.29, 0.717) is 6.42 Å². The van der Waals surface area contributed by atoms with Gasteiger partial charge in [-0.2, -0.15) is 0 Å². The van der Waals surface area contributed by atoms with E-state index < -0.39 is 12.1 Å². The lowest BCUT2D eigenvalue weighted by Gasteiger charge is -2.19. The Morgan fingerprint density at radius 1 is 0.381 bits per heavy atom. The molecule has 1 amide bonds. The van der Waals surface area contributed by atoms with Gasteiger partial charge >= 0.3 is 0 Å². The summed E-state index contributed by atoms with van der Waals surface area (Å²) < 4.78 is 0. The van der Waals surface area contributed by atoms with E-state index in [-0.39, 0.29) is 12.5 Å². The van der Waals surface area contributed by atoms with Crippen molar-refractivity contribution >= 4 is 5.91 Å². The van der Waals surface area contributed by atoms with Gasteiger partial charge in [-0.1, -0.05) is 267 Å². The van der Waals surface area contributed by atoms with Gasteiger partial charge in [0.2, 0.25) is 5.91 Å². The number of aliphatic hydroxyl groups excluding tert-OH is 2. The lowest BCUT2D eigenvalue weighted by atomic mass is 10.0. The Morgan fingerprint density at radius 3 is 1.02 bits per heavy atom. The summed E-state index contributed by atoms with van der Waals surface area (Å²) in [5, 5.41) is 23.1. The molecular weight excluding hydrogens is 771 g/mol. The summed E-state index contributed by atoms with van der Waals surface area (Å²) in [6, 6.07) is -0.648. The van der Waals surface area contributed by atoms with E-state index in [4.69, 9.17) is 0 Å². The Labute approximate surface area is 394 Å². The van der Waals surface area contributed by atoms with Crippen molar-refractivity contribution in [3.63, 3.8) is 0 Å². The molecule has 0 rings (SSSR count). The first-order valence-corrected chi connectivity index (χ1v) is 28.0. The predicted molar refractivity (Wildman–Crippen MR) is 281 cm³/mol. The summed E-state index contributed by atoms with van der Waals surface area (Å²) in [4.78, 5) is 12.5. The Bertz CT molecular complexity index is 1040. The molecule has 0 aromatic carbocycles. The minimum atomic E-state index is -0.872. The number of carbonyl (C=O) groups is 1. The van der Waals surface area contributed by atoms with Crippen molar-refractivity contribution in [1.82, 2.24) is 5.32 Å². The molecule has 0 saturated carbocycles. The Kier molecular flexibility index (Phi) is 52.8. The second-order valence-electron chi connectivity index (χ2n) is 19.0. The fraction of sp³-hybridized carbons (Fsp3) is 0.814. The molecule has 4 nitrogen and oxygen atoms in total. The van der Waals surface area contributed by atoms with E-state index >= 15 is 0 Å². The van der Waals surface area contributed by atoms with Gasteiger partial charge in [0.05, 0.1) is 18.8 Å². The van der Waals surface area contributed by atoms with Crippen LogP contribution < -0.4 is 5.32 Å². The number of amides is 1. The van der Waals surface area contributed by atoms with Crippen molar-refractivity contribution in [1.29, 1.82) is 0 Å². The van der Waals surface area contributed by atoms with Crippen LogP contribution in [0.1, 0.15) is 290 Å². The van der Waals surface area contributed by atoms with Crippen molar-refractivity contribution in [3.05, 3.63) is 60.8 Å². The molecule has 4 heteroatoms.